The summed E-state index contributed by atoms with van der Waals surface area (Å²) in [7, 11) is 0. The van der Waals surface area contributed by atoms with Gasteiger partial charge < -0.3 is 5.73 Å². The highest BCUT2D eigenvalue weighted by Crippen LogP contribution is 1.96. The Morgan fingerprint density at radius 2 is 1.83 bits per heavy atom. The van der Waals surface area contributed by atoms with Gasteiger partial charge in [-0.25, -0.2) is 0 Å². The van der Waals surface area contributed by atoms with Crippen molar-refractivity contribution in [2.45, 2.75) is 6.42 Å². The van der Waals surface area contributed by atoms with E-state index in [0.29, 0.717) is 0 Å². The van der Waals surface area contributed by atoms with Crippen molar-refractivity contribution in [3.8, 4) is 5.40 Å². The lowest BCUT2D eigenvalue weighted by Crippen LogP contribution is -2.01. The number of benzene rings is 1. The van der Waals surface area contributed by atoms with Crippen molar-refractivity contribution in [3.05, 3.63) is 35.9 Å². The molecule has 2 nitrogen and oxygen atoms in total. The number of nitrogens with two attached hydrogens (primary N) is 1. The van der Waals surface area contributed by atoms with Gasteiger partial charge in [0.2, 0.25) is 0 Å². The topological polar surface area (TPSA) is 49.8 Å². The van der Waals surface area contributed by atoms with Crippen molar-refractivity contribution >= 4 is 12.6 Å². The van der Waals surface area contributed by atoms with E-state index in [4.69, 9.17) is 11.0 Å². The normalized spacial score (nSPS) is 7.75. The van der Waals surface area contributed by atoms with Gasteiger partial charge in [-0.2, -0.15) is 5.26 Å². The van der Waals surface area contributed by atoms with E-state index in [2.05, 4.69) is 24.8 Å². The van der Waals surface area contributed by atoms with Gasteiger partial charge >= 0.3 is 0 Å². The lowest BCUT2D eigenvalue weighted by Gasteiger charge is -1.93. The Labute approximate surface area is 78.4 Å². The number of nitriles is 1. The Balaban J connectivity index is 0.000000354. The SMILES string of the molecule is N#CS.NCCc1ccccc1. The molecular weight excluding hydrogens is 168 g/mol. The molecule has 0 saturated carbocycles. The highest BCUT2D eigenvalue weighted by molar-refractivity contribution is 7.85. The first-order chi connectivity index (χ1) is 5.85. The van der Waals surface area contributed by atoms with Crippen LogP contribution in [0.1, 0.15) is 5.56 Å². The summed E-state index contributed by atoms with van der Waals surface area (Å²) >= 11 is 3.09. The van der Waals surface area contributed by atoms with Crippen LogP contribution >= 0.6 is 12.6 Å². The van der Waals surface area contributed by atoms with Gasteiger partial charge in [0.15, 0.2) is 0 Å². The van der Waals surface area contributed by atoms with Crippen LogP contribution in [0, 0.1) is 10.7 Å². The van der Waals surface area contributed by atoms with Crippen molar-refractivity contribution < 1.29 is 0 Å². The van der Waals surface area contributed by atoms with Gasteiger partial charge in [0.05, 0.1) is 0 Å². The maximum atomic E-state index is 7.18. The van der Waals surface area contributed by atoms with Crippen LogP contribution in [0.2, 0.25) is 0 Å². The van der Waals surface area contributed by atoms with Gasteiger partial charge in [0.1, 0.15) is 5.40 Å². The average molecular weight is 180 g/mol. The van der Waals surface area contributed by atoms with Gasteiger partial charge in [-0.3, -0.25) is 0 Å². The lowest BCUT2D eigenvalue weighted by molar-refractivity contribution is 0.969. The summed E-state index contributed by atoms with van der Waals surface area (Å²) < 4.78 is 0. The number of thiocyanates is 1. The Morgan fingerprint density at radius 3 is 2.25 bits per heavy atom. The van der Waals surface area contributed by atoms with Gasteiger partial charge in [0, 0.05) is 0 Å². The van der Waals surface area contributed by atoms with Crippen LogP contribution in [0.15, 0.2) is 30.3 Å². The molecule has 0 aliphatic rings. The van der Waals surface area contributed by atoms with Gasteiger partial charge in [-0.15, -0.1) is 0 Å². The molecule has 1 aromatic carbocycles. The molecule has 0 unspecified atom stereocenters. The zero-order valence-electron chi connectivity index (χ0n) is 6.77. The second kappa shape index (κ2) is 8.12. The van der Waals surface area contributed by atoms with Crippen molar-refractivity contribution in [3.63, 3.8) is 0 Å². The number of rotatable bonds is 2. The van der Waals surface area contributed by atoms with Crippen LogP contribution in [-0.4, -0.2) is 6.54 Å². The number of hydrogen-bond donors (Lipinski definition) is 2. The molecule has 0 aliphatic heterocycles. The van der Waals surface area contributed by atoms with Gasteiger partial charge in [-0.1, -0.05) is 43.0 Å². The van der Waals surface area contributed by atoms with Gasteiger partial charge in [-0.05, 0) is 18.5 Å². The molecule has 1 rings (SSSR count). The lowest BCUT2D eigenvalue weighted by atomic mass is 10.2. The van der Waals surface area contributed by atoms with E-state index in [0.717, 1.165) is 13.0 Å². The first-order valence-corrected chi connectivity index (χ1v) is 4.07. The molecule has 12 heavy (non-hydrogen) atoms. The summed E-state index contributed by atoms with van der Waals surface area (Å²) in [4.78, 5) is 0. The largest absolute Gasteiger partial charge is 0.330 e. The molecule has 0 heterocycles. The zero-order valence-corrected chi connectivity index (χ0v) is 7.67. The summed E-state index contributed by atoms with van der Waals surface area (Å²) in [6.07, 6.45) is 0.987. The predicted molar refractivity (Wildman–Crippen MR) is 53.8 cm³/mol. The third-order valence-corrected chi connectivity index (χ3v) is 1.28. The van der Waals surface area contributed by atoms with Crippen molar-refractivity contribution in [2.75, 3.05) is 6.54 Å². The minimum absolute atomic E-state index is 0.740. The van der Waals surface area contributed by atoms with Crippen molar-refractivity contribution in [1.82, 2.24) is 0 Å². The third-order valence-electron chi connectivity index (χ3n) is 1.28. The number of thiol groups is 1. The van der Waals surface area contributed by atoms with Crippen molar-refractivity contribution in [1.29, 1.82) is 5.26 Å². The highest BCUT2D eigenvalue weighted by atomic mass is 32.1. The molecule has 0 saturated heterocycles. The minimum Gasteiger partial charge on any atom is -0.330 e. The molecule has 0 fully saturated rings. The molecular formula is C9H12N2S. The fourth-order valence-corrected chi connectivity index (χ4v) is 0.811. The van der Waals surface area contributed by atoms with E-state index in [-0.39, 0.29) is 0 Å². The van der Waals surface area contributed by atoms with E-state index in [1.807, 2.05) is 18.2 Å². The Bertz CT molecular complexity index is 228. The fourth-order valence-electron chi connectivity index (χ4n) is 0.811. The van der Waals surface area contributed by atoms with Gasteiger partial charge in [0.25, 0.3) is 0 Å². The van der Waals surface area contributed by atoms with Crippen LogP contribution in [-0.2, 0) is 6.42 Å². The maximum Gasteiger partial charge on any atom is 0.130 e. The first-order valence-electron chi connectivity index (χ1n) is 3.62. The van der Waals surface area contributed by atoms with Crippen LogP contribution < -0.4 is 5.73 Å². The Morgan fingerprint density at radius 1 is 1.33 bits per heavy atom. The zero-order chi connectivity index (χ0) is 9.23. The van der Waals surface area contributed by atoms with Crippen LogP contribution in [0.25, 0.3) is 0 Å². The molecule has 0 radical (unpaired) electrons. The second-order valence-electron chi connectivity index (χ2n) is 2.12. The molecule has 2 N–H and O–H groups in total. The van der Waals surface area contributed by atoms with E-state index in [1.54, 1.807) is 0 Å². The first kappa shape index (κ1) is 11.0. The molecule has 0 aliphatic carbocycles. The van der Waals surface area contributed by atoms with E-state index in [9.17, 15) is 0 Å². The summed E-state index contributed by atoms with van der Waals surface area (Å²) in [5.41, 5.74) is 6.68. The van der Waals surface area contributed by atoms with Crippen LogP contribution in [0.5, 0.6) is 0 Å². The molecule has 3 heteroatoms. The smallest absolute Gasteiger partial charge is 0.130 e. The van der Waals surface area contributed by atoms with Crippen molar-refractivity contribution in [2.24, 2.45) is 5.73 Å². The van der Waals surface area contributed by atoms with E-state index >= 15 is 0 Å². The fraction of sp³-hybridized carbons (Fsp3) is 0.222. The predicted octanol–water partition coefficient (Wildman–Crippen LogP) is 1.59. The number of hydrogen-bond acceptors (Lipinski definition) is 3. The monoisotopic (exact) mass is 180 g/mol. The Hall–Kier alpha value is -0.980. The molecule has 0 spiro atoms. The second-order valence-corrected chi connectivity index (χ2v) is 2.32. The highest BCUT2D eigenvalue weighted by Gasteiger charge is 1.84. The molecule has 0 amide bonds. The molecule has 0 atom stereocenters. The van der Waals surface area contributed by atoms with Crippen LogP contribution in [0.3, 0.4) is 0 Å². The minimum atomic E-state index is 0.740. The average Bonchev–Trinajstić information content (AvgIpc) is 2.08. The molecule has 0 aromatic heterocycles. The molecule has 0 bridgehead atoms. The van der Waals surface area contributed by atoms with Crippen LogP contribution in [0.4, 0.5) is 0 Å². The molecule has 1 aromatic rings. The summed E-state index contributed by atoms with van der Waals surface area (Å²) in [5.74, 6) is 0. The van der Waals surface area contributed by atoms with E-state index < -0.39 is 0 Å². The van der Waals surface area contributed by atoms with E-state index in [1.165, 1.54) is 11.0 Å². The standard InChI is InChI=1S/C8H11N.CHNS/c9-7-6-8-4-2-1-3-5-8;2-1-3/h1-5H,6-7,9H2;3H. The number of nitrogens with zero attached hydrogens (tertiary/aromatic N) is 1. The summed E-state index contributed by atoms with van der Waals surface area (Å²) in [6.45, 7) is 0.740. The summed E-state index contributed by atoms with van der Waals surface area (Å²) in [6, 6.07) is 10.3. The third kappa shape index (κ3) is 5.78. The molecule has 64 valence electrons. The summed E-state index contributed by atoms with van der Waals surface area (Å²) in [5, 5.41) is 8.63. The Kier molecular flexibility index (Phi) is 7.46. The quantitative estimate of drug-likeness (QED) is 0.536. The maximum absolute atomic E-state index is 7.18.